The van der Waals surface area contributed by atoms with Gasteiger partial charge in [0.15, 0.2) is 0 Å². The van der Waals surface area contributed by atoms with Gasteiger partial charge in [-0.15, -0.1) is 10.2 Å². The van der Waals surface area contributed by atoms with Gasteiger partial charge in [-0.05, 0) is 53.1 Å². The van der Waals surface area contributed by atoms with Gasteiger partial charge in [0.2, 0.25) is 11.8 Å². The van der Waals surface area contributed by atoms with Gasteiger partial charge < -0.3 is 15.2 Å². The summed E-state index contributed by atoms with van der Waals surface area (Å²) in [5.74, 6) is -0.0738. The van der Waals surface area contributed by atoms with Crippen LogP contribution in [0.1, 0.15) is 22.3 Å². The Kier molecular flexibility index (Phi) is 7.52. The molecule has 4 aromatic rings. The summed E-state index contributed by atoms with van der Waals surface area (Å²) in [5.41, 5.74) is 2.24. The molecule has 2 aromatic heterocycles. The Morgan fingerprint density at radius 1 is 1.11 bits per heavy atom. The summed E-state index contributed by atoms with van der Waals surface area (Å²) in [5, 5.41) is 19.2. The number of tetrazole rings is 1. The Bertz CT molecular complexity index is 1350. The molecule has 0 spiro atoms. The molecule has 0 amide bonds. The van der Waals surface area contributed by atoms with Gasteiger partial charge in [-0.25, -0.2) is 9.71 Å². The van der Waals surface area contributed by atoms with Gasteiger partial charge in [-0.1, -0.05) is 18.2 Å². The minimum absolute atomic E-state index is 0.00261. The molecule has 0 radical (unpaired) electrons. The fraction of sp³-hybridized carbons (Fsp3) is 0.190. The van der Waals surface area contributed by atoms with Gasteiger partial charge in [-0.3, -0.25) is 4.21 Å². The van der Waals surface area contributed by atoms with Crippen molar-refractivity contribution in [3.8, 4) is 11.4 Å². The number of hydrogen-bond acceptors (Lipinski definition) is 9. The lowest BCUT2D eigenvalue weighted by Gasteiger charge is -2.18. The lowest BCUT2D eigenvalue weighted by Crippen LogP contribution is -2.19. The molecule has 0 saturated carbocycles. The fourth-order valence-corrected chi connectivity index (χ4v) is 3.66. The summed E-state index contributed by atoms with van der Waals surface area (Å²) in [6, 6.07) is 12.0. The molecule has 1 atom stereocenters. The van der Waals surface area contributed by atoms with Crippen LogP contribution in [-0.2, 0) is 30.5 Å². The second-order valence-electron chi connectivity index (χ2n) is 7.51. The first-order valence-corrected chi connectivity index (χ1v) is 11.5. The molecule has 0 aliphatic heterocycles. The number of rotatable bonds is 9. The van der Waals surface area contributed by atoms with Crippen molar-refractivity contribution in [1.29, 1.82) is 0 Å². The van der Waals surface area contributed by atoms with Gasteiger partial charge in [0.25, 0.3) is 0 Å². The van der Waals surface area contributed by atoms with E-state index in [9.17, 15) is 21.9 Å². The van der Waals surface area contributed by atoms with Gasteiger partial charge in [-0.2, -0.15) is 23.4 Å². The van der Waals surface area contributed by atoms with Crippen LogP contribution in [0.15, 0.2) is 48.7 Å². The fourth-order valence-electron chi connectivity index (χ4n) is 3.39. The normalized spacial score (nSPS) is 12.4. The second kappa shape index (κ2) is 10.8. The summed E-state index contributed by atoms with van der Waals surface area (Å²) < 4.78 is 65.0. The van der Waals surface area contributed by atoms with E-state index < -0.39 is 28.8 Å². The van der Waals surface area contributed by atoms with Gasteiger partial charge in [0, 0.05) is 41.8 Å². The SMILES string of the molecule is Cc1cccc(CNS(=O)[O-])c1CNc1nc(Nc2ccc(-c3nn[nH]n3)cc2)ncc1C(F)(F)F. The number of benzene rings is 2. The minimum Gasteiger partial charge on any atom is -0.760 e. The average Bonchev–Trinajstić information content (AvgIpc) is 3.37. The third kappa shape index (κ3) is 6.18. The highest BCUT2D eigenvalue weighted by Crippen LogP contribution is 2.34. The monoisotopic (exact) mass is 518 g/mol. The molecule has 11 nitrogen and oxygen atoms in total. The highest BCUT2D eigenvalue weighted by Gasteiger charge is 2.35. The van der Waals surface area contributed by atoms with Crippen molar-refractivity contribution in [2.24, 2.45) is 0 Å². The zero-order chi connectivity index (χ0) is 25.7. The first kappa shape index (κ1) is 25.2. The number of aromatic amines is 1. The highest BCUT2D eigenvalue weighted by molar-refractivity contribution is 7.77. The van der Waals surface area contributed by atoms with Crippen molar-refractivity contribution in [2.75, 3.05) is 10.6 Å². The summed E-state index contributed by atoms with van der Waals surface area (Å²) in [6.07, 6.45) is -3.99. The van der Waals surface area contributed by atoms with Crippen LogP contribution in [0.5, 0.6) is 0 Å². The van der Waals surface area contributed by atoms with E-state index in [-0.39, 0.29) is 19.0 Å². The van der Waals surface area contributed by atoms with Crippen LogP contribution >= 0.6 is 0 Å². The standard InChI is InChI=1S/C21H20F3N9O2S/c1-12-3-2-4-14(9-27-36(34)35)16(12)10-25-19-17(21(22,23)24)11-26-20(29-19)28-15-7-5-13(6-8-15)18-30-32-33-31-18/h2-8,11,27H,9-10H2,1H3,(H,34,35)(H2,25,26,28,29)(H,30,31,32,33)/p-1. The van der Waals surface area contributed by atoms with Crippen LogP contribution in [-0.4, -0.2) is 39.4 Å². The van der Waals surface area contributed by atoms with Gasteiger partial charge >= 0.3 is 6.18 Å². The number of aromatic nitrogens is 6. The molecule has 0 fully saturated rings. The quantitative estimate of drug-likeness (QED) is 0.244. The van der Waals surface area contributed by atoms with Gasteiger partial charge in [0.1, 0.15) is 11.4 Å². The lowest BCUT2D eigenvalue weighted by atomic mass is 10.0. The number of aryl methyl sites for hydroxylation is 1. The molecule has 1 unspecified atom stereocenters. The molecular formula is C21H19F3N9O2S-. The lowest BCUT2D eigenvalue weighted by molar-refractivity contribution is -0.137. The zero-order valence-corrected chi connectivity index (χ0v) is 19.4. The molecular weight excluding hydrogens is 499 g/mol. The number of nitrogens with one attached hydrogen (secondary N) is 4. The summed E-state index contributed by atoms with van der Waals surface area (Å²) in [7, 11) is 0. The number of hydrogen-bond donors (Lipinski definition) is 4. The van der Waals surface area contributed by atoms with Crippen LogP contribution < -0.4 is 15.4 Å². The number of anilines is 3. The van der Waals surface area contributed by atoms with E-state index in [1.165, 1.54) is 0 Å². The maximum absolute atomic E-state index is 13.6. The van der Waals surface area contributed by atoms with Crippen LogP contribution in [0.25, 0.3) is 11.4 Å². The van der Waals surface area contributed by atoms with Crippen LogP contribution in [0, 0.1) is 6.92 Å². The van der Waals surface area contributed by atoms with Crippen molar-refractivity contribution in [2.45, 2.75) is 26.2 Å². The number of H-pyrrole nitrogens is 1. The summed E-state index contributed by atoms with van der Waals surface area (Å²) in [6.45, 7) is 1.76. The third-order valence-electron chi connectivity index (χ3n) is 5.16. The number of halogens is 3. The summed E-state index contributed by atoms with van der Waals surface area (Å²) in [4.78, 5) is 7.86. The van der Waals surface area contributed by atoms with E-state index >= 15 is 0 Å². The molecule has 0 bridgehead atoms. The predicted molar refractivity (Wildman–Crippen MR) is 124 cm³/mol. The van der Waals surface area contributed by atoms with E-state index in [1.807, 2.05) is 0 Å². The van der Waals surface area contributed by atoms with Crippen molar-refractivity contribution in [3.05, 3.63) is 70.9 Å². The topological polar surface area (TPSA) is 156 Å². The van der Waals surface area contributed by atoms with Crippen molar-refractivity contribution >= 4 is 28.7 Å². The number of nitrogens with zero attached hydrogens (tertiary/aromatic N) is 5. The van der Waals surface area contributed by atoms with Crippen LogP contribution in [0.2, 0.25) is 0 Å². The number of alkyl halides is 3. The molecule has 2 heterocycles. The zero-order valence-electron chi connectivity index (χ0n) is 18.6. The molecule has 0 aliphatic carbocycles. The van der Waals surface area contributed by atoms with Crippen LogP contribution in [0.4, 0.5) is 30.6 Å². The molecule has 4 N–H and O–H groups in total. The Balaban J connectivity index is 1.56. The Labute approximate surface area is 205 Å². The Morgan fingerprint density at radius 3 is 2.56 bits per heavy atom. The van der Waals surface area contributed by atoms with Crippen molar-refractivity contribution in [1.82, 2.24) is 35.3 Å². The largest absolute Gasteiger partial charge is 0.760 e. The smallest absolute Gasteiger partial charge is 0.421 e. The first-order chi connectivity index (χ1) is 17.2. The average molecular weight is 519 g/mol. The molecule has 2 aromatic carbocycles. The van der Waals surface area contributed by atoms with Gasteiger partial charge in [0.05, 0.1) is 0 Å². The molecule has 0 aliphatic rings. The third-order valence-corrected chi connectivity index (χ3v) is 5.54. The second-order valence-corrected chi connectivity index (χ2v) is 8.27. The highest BCUT2D eigenvalue weighted by atomic mass is 32.2. The van der Waals surface area contributed by atoms with Crippen LogP contribution in [0.3, 0.4) is 0 Å². The predicted octanol–water partition coefficient (Wildman–Crippen LogP) is 3.22. The molecule has 0 saturated heterocycles. The minimum atomic E-state index is -4.69. The van der Waals surface area contributed by atoms with E-state index in [2.05, 4.69) is 45.9 Å². The molecule has 36 heavy (non-hydrogen) atoms. The Morgan fingerprint density at radius 2 is 1.89 bits per heavy atom. The van der Waals surface area contributed by atoms with E-state index in [1.54, 1.807) is 49.4 Å². The first-order valence-electron chi connectivity index (χ1n) is 10.4. The molecule has 15 heteroatoms. The van der Waals surface area contributed by atoms with Crippen molar-refractivity contribution < 1.29 is 21.9 Å². The maximum atomic E-state index is 13.6. The summed E-state index contributed by atoms with van der Waals surface area (Å²) >= 11 is -2.48. The van der Waals surface area contributed by atoms with Crippen molar-refractivity contribution in [3.63, 3.8) is 0 Å². The molecule has 4 rings (SSSR count). The molecule has 188 valence electrons. The Hall–Kier alpha value is -3.95. The van der Waals surface area contributed by atoms with E-state index in [4.69, 9.17) is 0 Å². The maximum Gasteiger partial charge on any atom is 0.421 e. The van der Waals surface area contributed by atoms with E-state index in [0.29, 0.717) is 34.4 Å². The van der Waals surface area contributed by atoms with E-state index in [0.717, 1.165) is 5.56 Å².